The van der Waals surface area contributed by atoms with E-state index in [1.807, 2.05) is 4.90 Å². The number of aromatic amines is 1. The molecule has 2 N–H and O–H groups in total. The van der Waals surface area contributed by atoms with Gasteiger partial charge in [0.2, 0.25) is 5.95 Å². The number of rotatable bonds is 8. The monoisotopic (exact) mass is 507 g/mol. The van der Waals surface area contributed by atoms with Crippen molar-refractivity contribution in [1.82, 2.24) is 20.2 Å². The summed E-state index contributed by atoms with van der Waals surface area (Å²) in [7, 11) is 0. The van der Waals surface area contributed by atoms with Crippen molar-refractivity contribution in [3.63, 3.8) is 0 Å². The number of hydrogen-bond donors (Lipinski definition) is 2. The third kappa shape index (κ3) is 7.29. The van der Waals surface area contributed by atoms with E-state index in [1.165, 1.54) is 13.1 Å². The van der Waals surface area contributed by atoms with Crippen molar-refractivity contribution in [1.29, 1.82) is 0 Å². The number of nitrogens with zero attached hydrogens (tertiary/aromatic N) is 5. The Bertz CT molecular complexity index is 1050. The molecule has 0 spiro atoms. The lowest BCUT2D eigenvalue weighted by Crippen LogP contribution is -2.35. The average molecular weight is 507 g/mol. The molecule has 9 nitrogen and oxygen atoms in total. The van der Waals surface area contributed by atoms with Gasteiger partial charge in [-0.15, -0.1) is 0 Å². The van der Waals surface area contributed by atoms with E-state index in [4.69, 9.17) is 4.84 Å². The van der Waals surface area contributed by atoms with Crippen LogP contribution in [0.1, 0.15) is 37.3 Å². The zero-order chi connectivity index (χ0) is 25.6. The molecule has 1 atom stereocenters. The molecule has 3 rings (SSSR count). The minimum atomic E-state index is -4.85. The largest absolute Gasteiger partial charge is 0.423 e. The summed E-state index contributed by atoms with van der Waals surface area (Å²) in [6.45, 7) is 3.00. The number of piperidine rings is 1. The van der Waals surface area contributed by atoms with Crippen molar-refractivity contribution in [3.05, 3.63) is 40.1 Å². The minimum Gasteiger partial charge on any atom is -0.396 e. The lowest BCUT2D eigenvalue weighted by Gasteiger charge is -2.31. The van der Waals surface area contributed by atoms with Gasteiger partial charge in [-0.3, -0.25) is 4.79 Å². The van der Waals surface area contributed by atoms with Crippen molar-refractivity contribution in [2.45, 2.75) is 44.6 Å². The van der Waals surface area contributed by atoms with Crippen molar-refractivity contribution < 1.29 is 31.2 Å². The van der Waals surface area contributed by atoms with Gasteiger partial charge in [-0.25, -0.2) is 15.1 Å². The highest BCUT2D eigenvalue weighted by Crippen LogP contribution is 2.32. The maximum Gasteiger partial charge on any atom is 0.423 e. The van der Waals surface area contributed by atoms with Crippen molar-refractivity contribution in [3.8, 4) is 0 Å². The molecule has 35 heavy (non-hydrogen) atoms. The van der Waals surface area contributed by atoms with Crippen LogP contribution in [0.3, 0.4) is 0 Å². The van der Waals surface area contributed by atoms with E-state index in [0.29, 0.717) is 25.4 Å². The summed E-state index contributed by atoms with van der Waals surface area (Å²) in [6, 6.07) is -0.674. The van der Waals surface area contributed by atoms with Gasteiger partial charge in [0.15, 0.2) is 0 Å². The third-order valence-electron chi connectivity index (χ3n) is 5.36. The van der Waals surface area contributed by atoms with Crippen LogP contribution in [-0.2, 0) is 17.2 Å². The van der Waals surface area contributed by atoms with Crippen LogP contribution in [0, 0.1) is 5.92 Å². The molecular weight excluding hydrogens is 484 g/mol. The van der Waals surface area contributed by atoms with Crippen LogP contribution in [-0.4, -0.2) is 52.1 Å². The molecule has 0 amide bonds. The van der Waals surface area contributed by atoms with Crippen LogP contribution in [0.5, 0.6) is 0 Å². The summed E-state index contributed by atoms with van der Waals surface area (Å²) in [6.07, 6.45) is -3.43. The Kier molecular flexibility index (Phi) is 8.17. The predicted octanol–water partition coefficient (Wildman–Crippen LogP) is 3.71. The summed E-state index contributed by atoms with van der Waals surface area (Å²) in [4.78, 5) is 26.1. The zero-order valence-electron chi connectivity index (χ0n) is 18.5. The average Bonchev–Trinajstić information content (AvgIpc) is 2.78. The fourth-order valence-corrected chi connectivity index (χ4v) is 3.53. The van der Waals surface area contributed by atoms with Crippen LogP contribution in [0.2, 0.25) is 0 Å². The molecule has 1 saturated heterocycles. The van der Waals surface area contributed by atoms with Crippen LogP contribution >= 0.6 is 0 Å². The van der Waals surface area contributed by atoms with E-state index >= 15 is 0 Å². The molecule has 1 fully saturated rings. The molecule has 0 radical (unpaired) electrons. The number of anilines is 2. The zero-order valence-corrected chi connectivity index (χ0v) is 18.5. The number of halogens is 6. The van der Waals surface area contributed by atoms with Crippen LogP contribution in [0.25, 0.3) is 0 Å². The molecule has 0 aromatic carbocycles. The van der Waals surface area contributed by atoms with Crippen molar-refractivity contribution in [2.75, 3.05) is 29.9 Å². The highest BCUT2D eigenvalue weighted by molar-refractivity contribution is 5.69. The van der Waals surface area contributed by atoms with Crippen molar-refractivity contribution in [2.24, 2.45) is 11.1 Å². The Balaban J connectivity index is 1.39. The number of nitrogens with one attached hydrogen (secondary N) is 2. The molecule has 2 aromatic rings. The summed E-state index contributed by atoms with van der Waals surface area (Å²) in [5, 5.41) is 11.4. The highest BCUT2D eigenvalue weighted by atomic mass is 19.4. The summed E-state index contributed by atoms with van der Waals surface area (Å²) in [5.74, 6) is 0.561. The lowest BCUT2D eigenvalue weighted by molar-refractivity contribution is -0.139. The van der Waals surface area contributed by atoms with Gasteiger partial charge in [0.1, 0.15) is 12.2 Å². The molecule has 0 aliphatic carbocycles. The van der Waals surface area contributed by atoms with Gasteiger partial charge >= 0.3 is 12.4 Å². The van der Waals surface area contributed by atoms with E-state index in [0.717, 1.165) is 31.4 Å². The smallest absolute Gasteiger partial charge is 0.396 e. The Morgan fingerprint density at radius 3 is 2.43 bits per heavy atom. The number of oxime groups is 1. The topological polar surface area (TPSA) is 108 Å². The summed E-state index contributed by atoms with van der Waals surface area (Å²) >= 11 is 0. The first-order valence-corrected chi connectivity index (χ1v) is 10.7. The second-order valence-electron chi connectivity index (χ2n) is 7.99. The Morgan fingerprint density at radius 1 is 1.17 bits per heavy atom. The van der Waals surface area contributed by atoms with E-state index < -0.39 is 40.8 Å². The van der Waals surface area contributed by atoms with Gasteiger partial charge in [0.05, 0.1) is 29.7 Å². The highest BCUT2D eigenvalue weighted by Gasteiger charge is 2.37. The van der Waals surface area contributed by atoms with Gasteiger partial charge in [-0.1, -0.05) is 5.16 Å². The van der Waals surface area contributed by atoms with E-state index in [1.54, 1.807) is 5.10 Å². The first-order chi connectivity index (χ1) is 16.4. The molecule has 15 heteroatoms. The van der Waals surface area contributed by atoms with Crippen LogP contribution in [0.15, 0.2) is 28.5 Å². The molecule has 0 bridgehead atoms. The normalized spacial score (nSPS) is 16.5. The van der Waals surface area contributed by atoms with Crippen molar-refractivity contribution >= 4 is 17.9 Å². The van der Waals surface area contributed by atoms with E-state index in [-0.39, 0.29) is 12.6 Å². The summed E-state index contributed by atoms with van der Waals surface area (Å²) < 4.78 is 77.1. The van der Waals surface area contributed by atoms with Gasteiger partial charge < -0.3 is 15.1 Å². The molecule has 192 valence electrons. The maximum atomic E-state index is 13.1. The quantitative estimate of drug-likeness (QED) is 0.243. The molecular formula is C20H23F6N7O2. The molecule has 1 unspecified atom stereocenters. The van der Waals surface area contributed by atoms with Gasteiger partial charge in [-0.05, 0) is 32.1 Å². The SMILES string of the molecule is CC(C=NOCCC1CCN(c2ncc(C(F)(F)F)cn2)CC1)Nc1cn[nH]c(=O)c1C(F)(F)F. The second-order valence-corrected chi connectivity index (χ2v) is 7.99. The third-order valence-corrected chi connectivity index (χ3v) is 5.36. The standard InChI is InChI=1S/C20H23F6N7O2/c1-12(31-15-11-29-32-17(34)16(15)20(24,25)26)8-30-35-7-4-13-2-5-33(6-3-13)18-27-9-14(10-28-18)19(21,22)23/h8-13H,2-7H2,1H3,(H2,31,32,34). The number of aromatic nitrogens is 4. The first kappa shape index (κ1) is 26.2. The summed E-state index contributed by atoms with van der Waals surface area (Å²) in [5.41, 5.74) is -4.09. The fraction of sp³-hybridized carbons (Fsp3) is 0.550. The molecule has 2 aromatic heterocycles. The lowest BCUT2D eigenvalue weighted by atomic mass is 9.94. The van der Waals surface area contributed by atoms with Crippen LogP contribution < -0.4 is 15.8 Å². The van der Waals surface area contributed by atoms with Gasteiger partial charge in [-0.2, -0.15) is 31.4 Å². The fourth-order valence-electron chi connectivity index (χ4n) is 3.53. The Labute approximate surface area is 195 Å². The molecule has 1 aliphatic heterocycles. The predicted molar refractivity (Wildman–Crippen MR) is 114 cm³/mol. The first-order valence-electron chi connectivity index (χ1n) is 10.7. The number of hydrogen-bond acceptors (Lipinski definition) is 8. The maximum absolute atomic E-state index is 13.1. The second kappa shape index (κ2) is 10.9. The number of H-pyrrole nitrogens is 1. The Hall–Kier alpha value is -3.39. The molecule has 0 saturated carbocycles. The minimum absolute atomic E-state index is 0.253. The van der Waals surface area contributed by atoms with E-state index in [9.17, 15) is 31.1 Å². The molecule has 1 aliphatic rings. The Morgan fingerprint density at radius 2 is 1.83 bits per heavy atom. The van der Waals surface area contributed by atoms with Crippen LogP contribution in [0.4, 0.5) is 38.0 Å². The number of alkyl halides is 6. The van der Waals surface area contributed by atoms with Gasteiger partial charge in [0, 0.05) is 25.5 Å². The van der Waals surface area contributed by atoms with Gasteiger partial charge in [0.25, 0.3) is 5.56 Å². The molecule has 3 heterocycles. The van der Waals surface area contributed by atoms with E-state index in [2.05, 4.69) is 25.5 Å².